The van der Waals surface area contributed by atoms with Gasteiger partial charge in [0.1, 0.15) is 5.69 Å². The van der Waals surface area contributed by atoms with Gasteiger partial charge in [0.25, 0.3) is 5.91 Å². The topological polar surface area (TPSA) is 70.7 Å². The van der Waals surface area contributed by atoms with E-state index < -0.39 is 0 Å². The molecule has 2 heterocycles. The molecule has 0 saturated carbocycles. The number of aromatic nitrogens is 3. The summed E-state index contributed by atoms with van der Waals surface area (Å²) in [4.78, 5) is 16.3. The molecule has 0 aliphatic carbocycles. The van der Waals surface area contributed by atoms with E-state index in [9.17, 15) is 4.79 Å². The normalized spacial score (nSPS) is 10.6. The summed E-state index contributed by atoms with van der Waals surface area (Å²) in [6.45, 7) is 0. The van der Waals surface area contributed by atoms with Crippen molar-refractivity contribution in [3.8, 4) is 0 Å². The van der Waals surface area contributed by atoms with Gasteiger partial charge in [-0.1, -0.05) is 23.7 Å². The van der Waals surface area contributed by atoms with Crippen LogP contribution < -0.4 is 5.32 Å². The number of H-pyrrole nitrogens is 1. The molecule has 1 amide bonds. The predicted octanol–water partition coefficient (Wildman–Crippen LogP) is 2.86. The lowest BCUT2D eigenvalue weighted by Gasteiger charge is -2.03. The van der Waals surface area contributed by atoms with E-state index in [2.05, 4.69) is 20.5 Å². The number of hydrogen-bond acceptors (Lipinski definition) is 3. The lowest BCUT2D eigenvalue weighted by Crippen LogP contribution is -2.13. The average molecular weight is 273 g/mol. The molecular formula is C13H9ClN4O. The van der Waals surface area contributed by atoms with Crippen molar-refractivity contribution in [2.75, 3.05) is 5.32 Å². The summed E-state index contributed by atoms with van der Waals surface area (Å²) in [5.74, 6) is -0.289. The Morgan fingerprint density at radius 3 is 2.89 bits per heavy atom. The monoisotopic (exact) mass is 272 g/mol. The van der Waals surface area contributed by atoms with E-state index in [-0.39, 0.29) is 5.91 Å². The van der Waals surface area contributed by atoms with Gasteiger partial charge in [-0.2, -0.15) is 5.10 Å². The molecule has 0 aliphatic rings. The number of nitrogens with one attached hydrogen (secondary N) is 2. The number of hydrogen-bond donors (Lipinski definition) is 2. The highest BCUT2D eigenvalue weighted by Gasteiger charge is 2.09. The lowest BCUT2D eigenvalue weighted by atomic mass is 10.2. The number of rotatable bonds is 2. The Labute approximate surface area is 113 Å². The maximum absolute atomic E-state index is 12.0. The molecule has 0 radical (unpaired) electrons. The molecule has 0 saturated heterocycles. The van der Waals surface area contributed by atoms with Gasteiger partial charge in [0.2, 0.25) is 0 Å². The standard InChI is InChI=1S/C13H9ClN4O/c14-9-3-1-8-2-4-11(18-12(8)5-9)13(19)17-10-6-15-16-7-10/h1-7H,(H,15,16)(H,17,19). The summed E-state index contributed by atoms with van der Waals surface area (Å²) in [6.07, 6.45) is 3.12. The highest BCUT2D eigenvalue weighted by atomic mass is 35.5. The third kappa shape index (κ3) is 2.41. The smallest absolute Gasteiger partial charge is 0.274 e. The van der Waals surface area contributed by atoms with Gasteiger partial charge in [-0.15, -0.1) is 0 Å². The third-order valence-corrected chi connectivity index (χ3v) is 2.88. The number of carbonyl (C=O) groups excluding carboxylic acids is 1. The van der Waals surface area contributed by atoms with E-state index >= 15 is 0 Å². The van der Waals surface area contributed by atoms with Crippen LogP contribution in [0.5, 0.6) is 0 Å². The Hall–Kier alpha value is -2.40. The number of pyridine rings is 1. The number of halogens is 1. The van der Waals surface area contributed by atoms with Crippen molar-refractivity contribution >= 4 is 34.1 Å². The molecule has 94 valence electrons. The predicted molar refractivity (Wildman–Crippen MR) is 73.3 cm³/mol. The van der Waals surface area contributed by atoms with E-state index in [1.165, 1.54) is 6.20 Å². The number of amides is 1. The van der Waals surface area contributed by atoms with Gasteiger partial charge in [-0.3, -0.25) is 9.89 Å². The number of anilines is 1. The Morgan fingerprint density at radius 2 is 2.11 bits per heavy atom. The van der Waals surface area contributed by atoms with Crippen LogP contribution in [-0.4, -0.2) is 21.1 Å². The molecule has 3 rings (SSSR count). The first-order chi connectivity index (χ1) is 9.22. The largest absolute Gasteiger partial charge is 0.318 e. The minimum Gasteiger partial charge on any atom is -0.318 e. The fourth-order valence-corrected chi connectivity index (χ4v) is 1.90. The van der Waals surface area contributed by atoms with Crippen molar-refractivity contribution in [1.29, 1.82) is 0 Å². The summed E-state index contributed by atoms with van der Waals surface area (Å²) in [5.41, 5.74) is 1.61. The van der Waals surface area contributed by atoms with Crippen LogP contribution in [0.3, 0.4) is 0 Å². The number of carbonyl (C=O) groups is 1. The van der Waals surface area contributed by atoms with Gasteiger partial charge in [-0.05, 0) is 18.2 Å². The molecule has 3 aromatic rings. The fraction of sp³-hybridized carbons (Fsp3) is 0. The first-order valence-electron chi connectivity index (χ1n) is 5.59. The Kier molecular flexibility index (Phi) is 2.89. The minimum atomic E-state index is -0.289. The van der Waals surface area contributed by atoms with E-state index in [1.807, 2.05) is 12.1 Å². The third-order valence-electron chi connectivity index (χ3n) is 2.64. The SMILES string of the molecule is O=C(Nc1cn[nH]c1)c1ccc2ccc(Cl)cc2n1. The molecular weight excluding hydrogens is 264 g/mol. The van der Waals surface area contributed by atoms with Crippen molar-refractivity contribution < 1.29 is 4.79 Å². The van der Waals surface area contributed by atoms with Crippen molar-refractivity contribution in [3.63, 3.8) is 0 Å². The zero-order valence-corrected chi connectivity index (χ0v) is 10.5. The van der Waals surface area contributed by atoms with E-state index in [1.54, 1.807) is 24.4 Å². The molecule has 2 aromatic heterocycles. The summed E-state index contributed by atoms with van der Waals surface area (Å²) in [6, 6.07) is 8.89. The molecule has 0 aliphatic heterocycles. The maximum atomic E-state index is 12.0. The summed E-state index contributed by atoms with van der Waals surface area (Å²) < 4.78 is 0. The molecule has 0 spiro atoms. The van der Waals surface area contributed by atoms with Crippen molar-refractivity contribution in [3.05, 3.63) is 53.4 Å². The second-order valence-electron chi connectivity index (χ2n) is 3.97. The maximum Gasteiger partial charge on any atom is 0.274 e. The van der Waals surface area contributed by atoms with Crippen LogP contribution in [-0.2, 0) is 0 Å². The second-order valence-corrected chi connectivity index (χ2v) is 4.41. The average Bonchev–Trinajstić information content (AvgIpc) is 2.90. The Morgan fingerprint density at radius 1 is 1.26 bits per heavy atom. The molecule has 0 unspecified atom stereocenters. The molecule has 0 fully saturated rings. The zero-order valence-electron chi connectivity index (χ0n) is 9.72. The Balaban J connectivity index is 1.94. The summed E-state index contributed by atoms with van der Waals surface area (Å²) >= 11 is 5.91. The summed E-state index contributed by atoms with van der Waals surface area (Å²) in [5, 5.41) is 10.6. The van der Waals surface area contributed by atoms with Gasteiger partial charge < -0.3 is 5.32 Å². The van der Waals surface area contributed by atoms with Crippen LogP contribution in [0.4, 0.5) is 5.69 Å². The minimum absolute atomic E-state index is 0.289. The van der Waals surface area contributed by atoms with Crippen LogP contribution in [0.25, 0.3) is 10.9 Å². The van der Waals surface area contributed by atoms with E-state index in [4.69, 9.17) is 11.6 Å². The van der Waals surface area contributed by atoms with Crippen molar-refractivity contribution in [1.82, 2.24) is 15.2 Å². The molecule has 6 heteroatoms. The van der Waals surface area contributed by atoms with Crippen LogP contribution in [0.15, 0.2) is 42.7 Å². The molecule has 0 bridgehead atoms. The first kappa shape index (κ1) is 11.7. The number of benzene rings is 1. The number of fused-ring (bicyclic) bond motifs is 1. The first-order valence-corrected chi connectivity index (χ1v) is 5.96. The van der Waals surface area contributed by atoms with E-state index in [0.717, 1.165) is 5.39 Å². The van der Waals surface area contributed by atoms with Gasteiger partial charge in [0.15, 0.2) is 0 Å². The van der Waals surface area contributed by atoms with Gasteiger partial charge in [-0.25, -0.2) is 4.98 Å². The molecule has 5 nitrogen and oxygen atoms in total. The number of nitrogens with zero attached hydrogens (tertiary/aromatic N) is 2. The molecule has 19 heavy (non-hydrogen) atoms. The van der Waals surface area contributed by atoms with Crippen LogP contribution in [0, 0.1) is 0 Å². The summed E-state index contributed by atoms with van der Waals surface area (Å²) in [7, 11) is 0. The highest BCUT2D eigenvalue weighted by Crippen LogP contribution is 2.18. The second kappa shape index (κ2) is 4.70. The van der Waals surface area contributed by atoms with Crippen LogP contribution in [0.1, 0.15) is 10.5 Å². The van der Waals surface area contributed by atoms with E-state index in [0.29, 0.717) is 21.9 Å². The zero-order chi connectivity index (χ0) is 13.2. The molecule has 2 N–H and O–H groups in total. The van der Waals surface area contributed by atoms with Crippen molar-refractivity contribution in [2.24, 2.45) is 0 Å². The fourth-order valence-electron chi connectivity index (χ4n) is 1.73. The van der Waals surface area contributed by atoms with Crippen LogP contribution >= 0.6 is 11.6 Å². The molecule has 1 aromatic carbocycles. The van der Waals surface area contributed by atoms with Crippen molar-refractivity contribution in [2.45, 2.75) is 0 Å². The quantitative estimate of drug-likeness (QED) is 0.753. The Bertz CT molecular complexity index is 739. The van der Waals surface area contributed by atoms with Gasteiger partial charge >= 0.3 is 0 Å². The van der Waals surface area contributed by atoms with Gasteiger partial charge in [0.05, 0.1) is 17.4 Å². The van der Waals surface area contributed by atoms with Crippen LogP contribution in [0.2, 0.25) is 5.02 Å². The van der Waals surface area contributed by atoms with Gasteiger partial charge in [0, 0.05) is 16.6 Å². The molecule has 0 atom stereocenters. The lowest BCUT2D eigenvalue weighted by molar-refractivity contribution is 0.102. The highest BCUT2D eigenvalue weighted by molar-refractivity contribution is 6.31. The number of aromatic amines is 1.